The molecule has 2 rings (SSSR count). The molecule has 0 saturated carbocycles. The molecule has 0 fully saturated rings. The minimum Gasteiger partial charge on any atom is -0.476 e. The first-order valence-electron chi connectivity index (χ1n) is 4.88. The highest BCUT2D eigenvalue weighted by atomic mass is 35.5. The maximum atomic E-state index is 11.1. The van der Waals surface area contributed by atoms with E-state index in [0.29, 0.717) is 16.4 Å². The number of imidazole rings is 1. The molecule has 0 amide bonds. The topological polar surface area (TPSA) is 71.7 Å². The van der Waals surface area contributed by atoms with Crippen molar-refractivity contribution < 1.29 is 14.7 Å². The highest BCUT2D eigenvalue weighted by Crippen LogP contribution is 2.18. The largest absolute Gasteiger partial charge is 0.476 e. The molecule has 88 valence electrons. The van der Waals surface area contributed by atoms with Crippen molar-refractivity contribution in [2.24, 2.45) is 0 Å². The standard InChI is InChI=1S/C11H9ClN2O3/c1-6(15)4-9-13-10(11(16)17)8-5-7(12)2-3-14(8)9/h2-3,5H,4H2,1H3,(H,16,17). The molecule has 6 heteroatoms. The van der Waals surface area contributed by atoms with Gasteiger partial charge in [-0.2, -0.15) is 0 Å². The number of pyridine rings is 1. The van der Waals surface area contributed by atoms with E-state index in [0.717, 1.165) is 0 Å². The summed E-state index contributed by atoms with van der Waals surface area (Å²) in [6.45, 7) is 1.43. The Labute approximate surface area is 102 Å². The average molecular weight is 253 g/mol. The highest BCUT2D eigenvalue weighted by molar-refractivity contribution is 6.31. The number of ketones is 1. The number of Topliss-reactive ketones (excluding diaryl/α,β-unsaturated/α-hetero) is 1. The number of hydrogen-bond donors (Lipinski definition) is 1. The van der Waals surface area contributed by atoms with Gasteiger partial charge in [-0.3, -0.25) is 4.79 Å². The number of hydrogen-bond acceptors (Lipinski definition) is 3. The molecule has 0 aliphatic carbocycles. The molecule has 0 atom stereocenters. The second-order valence-corrected chi connectivity index (χ2v) is 4.10. The van der Waals surface area contributed by atoms with Gasteiger partial charge in [0.25, 0.3) is 0 Å². The Hall–Kier alpha value is -1.88. The molecule has 0 aromatic carbocycles. The van der Waals surface area contributed by atoms with E-state index in [1.807, 2.05) is 0 Å². The van der Waals surface area contributed by atoms with Crippen molar-refractivity contribution in [3.8, 4) is 0 Å². The number of aromatic carboxylic acids is 1. The molecule has 2 heterocycles. The van der Waals surface area contributed by atoms with Crippen molar-refractivity contribution in [1.29, 1.82) is 0 Å². The molecule has 0 spiro atoms. The van der Waals surface area contributed by atoms with Gasteiger partial charge in [-0.1, -0.05) is 11.6 Å². The van der Waals surface area contributed by atoms with E-state index in [-0.39, 0.29) is 17.9 Å². The molecule has 5 nitrogen and oxygen atoms in total. The summed E-state index contributed by atoms with van der Waals surface area (Å²) >= 11 is 5.81. The predicted octanol–water partition coefficient (Wildman–Crippen LogP) is 1.82. The van der Waals surface area contributed by atoms with Gasteiger partial charge < -0.3 is 9.51 Å². The summed E-state index contributed by atoms with van der Waals surface area (Å²) in [5, 5.41) is 9.44. The van der Waals surface area contributed by atoms with Crippen LogP contribution in [0.25, 0.3) is 5.52 Å². The van der Waals surface area contributed by atoms with E-state index < -0.39 is 5.97 Å². The van der Waals surface area contributed by atoms with Crippen LogP contribution in [0.3, 0.4) is 0 Å². The van der Waals surface area contributed by atoms with E-state index in [2.05, 4.69) is 4.98 Å². The van der Waals surface area contributed by atoms with Gasteiger partial charge in [-0.15, -0.1) is 0 Å². The summed E-state index contributed by atoms with van der Waals surface area (Å²) in [7, 11) is 0. The third-order valence-corrected chi connectivity index (χ3v) is 2.52. The molecule has 1 N–H and O–H groups in total. The van der Waals surface area contributed by atoms with E-state index in [1.165, 1.54) is 13.0 Å². The van der Waals surface area contributed by atoms with Crippen LogP contribution >= 0.6 is 11.6 Å². The number of halogens is 1. The maximum absolute atomic E-state index is 11.1. The zero-order valence-electron chi connectivity index (χ0n) is 8.98. The first kappa shape index (κ1) is 11.6. The van der Waals surface area contributed by atoms with Crippen LogP contribution in [0.1, 0.15) is 23.2 Å². The molecule has 0 unspecified atom stereocenters. The Morgan fingerprint density at radius 3 is 2.82 bits per heavy atom. The first-order valence-corrected chi connectivity index (χ1v) is 5.26. The van der Waals surface area contributed by atoms with Crippen molar-refractivity contribution in [3.05, 3.63) is 34.9 Å². The van der Waals surface area contributed by atoms with Gasteiger partial charge in [-0.25, -0.2) is 9.78 Å². The van der Waals surface area contributed by atoms with Crippen molar-refractivity contribution in [1.82, 2.24) is 9.38 Å². The zero-order valence-corrected chi connectivity index (χ0v) is 9.73. The fourth-order valence-electron chi connectivity index (χ4n) is 1.63. The molecular weight excluding hydrogens is 244 g/mol. The van der Waals surface area contributed by atoms with Crippen LogP contribution in [0, 0.1) is 0 Å². The minimum absolute atomic E-state index is 0.0798. The Kier molecular flexibility index (Phi) is 2.85. The molecular formula is C11H9ClN2O3. The fourth-order valence-corrected chi connectivity index (χ4v) is 1.79. The molecule has 2 aromatic rings. The number of rotatable bonds is 3. The number of carboxylic acid groups (broad SMARTS) is 1. The predicted molar refractivity (Wildman–Crippen MR) is 61.5 cm³/mol. The van der Waals surface area contributed by atoms with Gasteiger partial charge in [0.05, 0.1) is 11.9 Å². The second kappa shape index (κ2) is 4.18. The third-order valence-electron chi connectivity index (χ3n) is 2.29. The van der Waals surface area contributed by atoms with Crippen molar-refractivity contribution in [2.75, 3.05) is 0 Å². The van der Waals surface area contributed by atoms with Gasteiger partial charge in [-0.05, 0) is 19.1 Å². The first-order chi connectivity index (χ1) is 7.99. The van der Waals surface area contributed by atoms with Crippen LogP contribution in [0.2, 0.25) is 5.02 Å². The lowest BCUT2D eigenvalue weighted by molar-refractivity contribution is -0.116. The zero-order chi connectivity index (χ0) is 12.6. The molecule has 0 aliphatic rings. The van der Waals surface area contributed by atoms with Crippen LogP contribution in [-0.4, -0.2) is 26.2 Å². The third kappa shape index (κ3) is 2.14. The maximum Gasteiger partial charge on any atom is 0.356 e. The highest BCUT2D eigenvalue weighted by Gasteiger charge is 2.17. The molecule has 0 saturated heterocycles. The lowest BCUT2D eigenvalue weighted by Gasteiger charge is -1.98. The van der Waals surface area contributed by atoms with Gasteiger partial charge in [0.2, 0.25) is 0 Å². The normalized spacial score (nSPS) is 10.7. The molecule has 0 bridgehead atoms. The van der Waals surface area contributed by atoms with Crippen LogP contribution in [-0.2, 0) is 11.2 Å². The van der Waals surface area contributed by atoms with Crippen LogP contribution in [0.5, 0.6) is 0 Å². The van der Waals surface area contributed by atoms with Crippen molar-refractivity contribution in [2.45, 2.75) is 13.3 Å². The van der Waals surface area contributed by atoms with E-state index in [1.54, 1.807) is 16.7 Å². The number of carbonyl (C=O) groups excluding carboxylic acids is 1. The number of aromatic nitrogens is 2. The van der Waals surface area contributed by atoms with Gasteiger partial charge in [0.15, 0.2) is 5.69 Å². The van der Waals surface area contributed by atoms with Crippen molar-refractivity contribution >= 4 is 28.9 Å². The number of carbonyl (C=O) groups is 2. The minimum atomic E-state index is -1.14. The smallest absolute Gasteiger partial charge is 0.356 e. The van der Waals surface area contributed by atoms with Gasteiger partial charge >= 0.3 is 5.97 Å². The average Bonchev–Trinajstić information content (AvgIpc) is 2.55. The molecule has 2 aromatic heterocycles. The van der Waals surface area contributed by atoms with E-state index in [9.17, 15) is 9.59 Å². The van der Waals surface area contributed by atoms with Gasteiger partial charge in [0, 0.05) is 11.2 Å². The molecule has 0 radical (unpaired) electrons. The summed E-state index contributed by atoms with van der Waals surface area (Å²) in [5.41, 5.74) is 0.296. The SMILES string of the molecule is CC(=O)Cc1nc(C(=O)O)c2cc(Cl)ccn12. The number of carboxylic acids is 1. The molecule has 17 heavy (non-hydrogen) atoms. The lowest BCUT2D eigenvalue weighted by atomic mass is 10.3. The van der Waals surface area contributed by atoms with Crippen LogP contribution < -0.4 is 0 Å². The summed E-state index contributed by atoms with van der Waals surface area (Å²) < 4.78 is 1.57. The second-order valence-electron chi connectivity index (χ2n) is 3.66. The van der Waals surface area contributed by atoms with Gasteiger partial charge in [0.1, 0.15) is 11.6 Å². The summed E-state index contributed by atoms with van der Waals surface area (Å²) in [4.78, 5) is 26.1. The summed E-state index contributed by atoms with van der Waals surface area (Å²) in [6, 6.07) is 3.13. The molecule has 0 aliphatic heterocycles. The monoisotopic (exact) mass is 252 g/mol. The van der Waals surface area contributed by atoms with Crippen molar-refractivity contribution in [3.63, 3.8) is 0 Å². The Bertz CT molecular complexity index is 618. The number of nitrogens with zero attached hydrogens (tertiary/aromatic N) is 2. The Balaban J connectivity index is 2.70. The van der Waals surface area contributed by atoms with E-state index >= 15 is 0 Å². The lowest BCUT2D eigenvalue weighted by Crippen LogP contribution is -2.02. The fraction of sp³-hybridized carbons (Fsp3) is 0.182. The Morgan fingerprint density at radius 2 is 2.24 bits per heavy atom. The quantitative estimate of drug-likeness (QED) is 0.904. The van der Waals surface area contributed by atoms with E-state index in [4.69, 9.17) is 16.7 Å². The Morgan fingerprint density at radius 1 is 1.53 bits per heavy atom. The summed E-state index contributed by atoms with van der Waals surface area (Å²) in [6.07, 6.45) is 1.70. The van der Waals surface area contributed by atoms with Crippen LogP contribution in [0.15, 0.2) is 18.3 Å². The summed E-state index contributed by atoms with van der Waals surface area (Å²) in [5.74, 6) is -0.815. The number of fused-ring (bicyclic) bond motifs is 1. The van der Waals surface area contributed by atoms with Crippen LogP contribution in [0.4, 0.5) is 0 Å².